The van der Waals surface area contributed by atoms with Crippen molar-refractivity contribution in [1.82, 2.24) is 0 Å². The maximum absolute atomic E-state index is 13.3. The molecule has 3 heteroatoms. The Labute approximate surface area is 89.2 Å². The molecule has 0 unspecified atom stereocenters. The van der Waals surface area contributed by atoms with Crippen molar-refractivity contribution < 1.29 is 9.13 Å². The Hall–Kier alpha value is -1.09. The molecule has 1 atom stereocenters. The summed E-state index contributed by atoms with van der Waals surface area (Å²) in [5.41, 5.74) is 6.63. The van der Waals surface area contributed by atoms with E-state index in [1.165, 1.54) is 18.9 Å². The molecule has 1 fully saturated rings. The maximum atomic E-state index is 13.3. The van der Waals surface area contributed by atoms with Gasteiger partial charge in [0.1, 0.15) is 0 Å². The molecule has 0 spiro atoms. The van der Waals surface area contributed by atoms with Gasteiger partial charge < -0.3 is 10.5 Å². The standard InChI is InChI=1S/C12H16FNO/c1-8(14)10-4-5-11(13)12(6-10)15-7-9-2-3-9/h4-6,8-9H,2-3,7,14H2,1H3/t8-/m0/s1. The van der Waals surface area contributed by atoms with E-state index in [9.17, 15) is 4.39 Å². The van der Waals surface area contributed by atoms with Crippen LogP contribution in [0.15, 0.2) is 18.2 Å². The molecule has 2 rings (SSSR count). The lowest BCUT2D eigenvalue weighted by Gasteiger charge is -2.10. The average Bonchev–Trinajstić information content (AvgIpc) is 3.00. The van der Waals surface area contributed by atoms with Crippen molar-refractivity contribution >= 4 is 0 Å². The van der Waals surface area contributed by atoms with Crippen LogP contribution in [0.5, 0.6) is 5.75 Å². The van der Waals surface area contributed by atoms with Crippen molar-refractivity contribution in [2.24, 2.45) is 11.7 Å². The van der Waals surface area contributed by atoms with Crippen molar-refractivity contribution in [3.05, 3.63) is 29.6 Å². The third-order valence-corrected chi connectivity index (χ3v) is 2.65. The maximum Gasteiger partial charge on any atom is 0.165 e. The van der Waals surface area contributed by atoms with Gasteiger partial charge in [-0.25, -0.2) is 4.39 Å². The molecule has 0 aliphatic heterocycles. The lowest BCUT2D eigenvalue weighted by molar-refractivity contribution is 0.285. The average molecular weight is 209 g/mol. The summed E-state index contributed by atoms with van der Waals surface area (Å²) >= 11 is 0. The molecule has 1 aromatic carbocycles. The van der Waals surface area contributed by atoms with Gasteiger partial charge in [-0.3, -0.25) is 0 Å². The summed E-state index contributed by atoms with van der Waals surface area (Å²) in [5.74, 6) is 0.653. The largest absolute Gasteiger partial charge is 0.490 e. The minimum absolute atomic E-state index is 0.0890. The van der Waals surface area contributed by atoms with Gasteiger partial charge in [0, 0.05) is 6.04 Å². The van der Waals surface area contributed by atoms with E-state index in [1.54, 1.807) is 12.1 Å². The highest BCUT2D eigenvalue weighted by atomic mass is 19.1. The number of hydrogen-bond donors (Lipinski definition) is 1. The van der Waals surface area contributed by atoms with Gasteiger partial charge in [0.25, 0.3) is 0 Å². The number of rotatable bonds is 4. The number of benzene rings is 1. The molecule has 0 heterocycles. The summed E-state index contributed by atoms with van der Waals surface area (Å²) in [4.78, 5) is 0. The van der Waals surface area contributed by atoms with Crippen LogP contribution in [0.3, 0.4) is 0 Å². The summed E-state index contributed by atoms with van der Waals surface area (Å²) in [6, 6.07) is 4.72. The lowest BCUT2D eigenvalue weighted by atomic mass is 10.1. The summed E-state index contributed by atoms with van der Waals surface area (Å²) in [5, 5.41) is 0. The number of nitrogens with two attached hydrogens (primary N) is 1. The van der Waals surface area contributed by atoms with Gasteiger partial charge in [-0.15, -0.1) is 0 Å². The minimum Gasteiger partial charge on any atom is -0.490 e. The SMILES string of the molecule is C[C@H](N)c1ccc(F)c(OCC2CC2)c1. The first-order valence-electron chi connectivity index (χ1n) is 5.34. The predicted octanol–water partition coefficient (Wildman–Crippen LogP) is 2.63. The van der Waals surface area contributed by atoms with Crippen molar-refractivity contribution in [3.63, 3.8) is 0 Å². The fourth-order valence-corrected chi connectivity index (χ4v) is 1.41. The van der Waals surface area contributed by atoms with Gasteiger partial charge in [0.2, 0.25) is 0 Å². The highest BCUT2D eigenvalue weighted by molar-refractivity contribution is 5.31. The first kappa shape index (κ1) is 10.4. The fraction of sp³-hybridized carbons (Fsp3) is 0.500. The molecular formula is C12H16FNO. The molecule has 2 N–H and O–H groups in total. The highest BCUT2D eigenvalue weighted by Crippen LogP contribution is 2.30. The molecule has 15 heavy (non-hydrogen) atoms. The number of halogens is 1. The van der Waals surface area contributed by atoms with Crippen LogP contribution in [0.1, 0.15) is 31.4 Å². The van der Waals surface area contributed by atoms with Crippen LogP contribution in [0, 0.1) is 11.7 Å². The van der Waals surface area contributed by atoms with Gasteiger partial charge in [-0.05, 0) is 43.4 Å². The molecule has 1 aliphatic rings. The smallest absolute Gasteiger partial charge is 0.165 e. The Morgan fingerprint density at radius 1 is 1.53 bits per heavy atom. The predicted molar refractivity (Wildman–Crippen MR) is 57.2 cm³/mol. The Morgan fingerprint density at radius 2 is 2.27 bits per heavy atom. The van der Waals surface area contributed by atoms with E-state index in [0.29, 0.717) is 18.3 Å². The van der Waals surface area contributed by atoms with E-state index >= 15 is 0 Å². The van der Waals surface area contributed by atoms with E-state index in [0.717, 1.165) is 5.56 Å². The molecule has 2 nitrogen and oxygen atoms in total. The van der Waals surface area contributed by atoms with Crippen LogP contribution in [-0.2, 0) is 0 Å². The fourth-order valence-electron chi connectivity index (χ4n) is 1.41. The second-order valence-electron chi connectivity index (χ2n) is 4.23. The van der Waals surface area contributed by atoms with Crippen molar-refractivity contribution in [2.45, 2.75) is 25.8 Å². The Balaban J connectivity index is 2.08. The van der Waals surface area contributed by atoms with Crippen molar-refractivity contribution in [1.29, 1.82) is 0 Å². The van der Waals surface area contributed by atoms with Crippen LogP contribution >= 0.6 is 0 Å². The normalized spacial score (nSPS) is 17.5. The van der Waals surface area contributed by atoms with E-state index in [1.807, 2.05) is 6.92 Å². The van der Waals surface area contributed by atoms with E-state index in [4.69, 9.17) is 10.5 Å². The van der Waals surface area contributed by atoms with Gasteiger partial charge in [0.05, 0.1) is 6.61 Å². The zero-order chi connectivity index (χ0) is 10.8. The van der Waals surface area contributed by atoms with Gasteiger partial charge in [-0.1, -0.05) is 6.07 Å². The molecular weight excluding hydrogens is 193 g/mol. The Bertz CT molecular complexity index is 347. The molecule has 1 aromatic rings. The third-order valence-electron chi connectivity index (χ3n) is 2.65. The second-order valence-corrected chi connectivity index (χ2v) is 4.23. The topological polar surface area (TPSA) is 35.2 Å². The highest BCUT2D eigenvalue weighted by Gasteiger charge is 2.22. The van der Waals surface area contributed by atoms with Crippen molar-refractivity contribution in [2.75, 3.05) is 6.61 Å². The second kappa shape index (κ2) is 4.19. The third kappa shape index (κ3) is 2.69. The van der Waals surface area contributed by atoms with Gasteiger partial charge in [0.15, 0.2) is 11.6 Å². The molecule has 0 aromatic heterocycles. The van der Waals surface area contributed by atoms with E-state index < -0.39 is 0 Å². The van der Waals surface area contributed by atoms with Gasteiger partial charge in [-0.2, -0.15) is 0 Å². The van der Waals surface area contributed by atoms with E-state index in [2.05, 4.69) is 0 Å². The van der Waals surface area contributed by atoms with E-state index in [-0.39, 0.29) is 11.9 Å². The summed E-state index contributed by atoms with van der Waals surface area (Å²) in [6.07, 6.45) is 2.41. The molecule has 82 valence electrons. The first-order valence-corrected chi connectivity index (χ1v) is 5.34. The number of hydrogen-bond acceptors (Lipinski definition) is 2. The van der Waals surface area contributed by atoms with Crippen LogP contribution in [-0.4, -0.2) is 6.61 Å². The zero-order valence-corrected chi connectivity index (χ0v) is 8.87. The van der Waals surface area contributed by atoms with Crippen LogP contribution < -0.4 is 10.5 Å². The van der Waals surface area contributed by atoms with Crippen LogP contribution in [0.25, 0.3) is 0 Å². The molecule has 0 radical (unpaired) electrons. The molecule has 0 bridgehead atoms. The monoisotopic (exact) mass is 209 g/mol. The molecule has 0 saturated heterocycles. The summed E-state index contributed by atoms with van der Waals surface area (Å²) in [7, 11) is 0. The van der Waals surface area contributed by atoms with Crippen molar-refractivity contribution in [3.8, 4) is 5.75 Å². The number of ether oxygens (including phenoxy) is 1. The molecule has 0 amide bonds. The quantitative estimate of drug-likeness (QED) is 0.827. The summed E-state index contributed by atoms with van der Waals surface area (Å²) < 4.78 is 18.8. The first-order chi connectivity index (χ1) is 7.16. The minimum atomic E-state index is -0.306. The molecule has 1 saturated carbocycles. The lowest BCUT2D eigenvalue weighted by Crippen LogP contribution is -2.07. The Kier molecular flexibility index (Phi) is 2.91. The van der Waals surface area contributed by atoms with Crippen LogP contribution in [0.2, 0.25) is 0 Å². The molecule has 1 aliphatic carbocycles. The Morgan fingerprint density at radius 3 is 2.87 bits per heavy atom. The van der Waals surface area contributed by atoms with Gasteiger partial charge >= 0.3 is 0 Å². The summed E-state index contributed by atoms with van der Waals surface area (Å²) in [6.45, 7) is 2.50. The zero-order valence-electron chi connectivity index (χ0n) is 8.87. The van der Waals surface area contributed by atoms with Crippen LogP contribution in [0.4, 0.5) is 4.39 Å².